The van der Waals surface area contributed by atoms with Gasteiger partial charge in [0.2, 0.25) is 0 Å². The molecular formula is C21H24N4. The SMILES string of the molecule is CCc1ccccc1CNC(=NC)NCc1ccnc2ccccc12. The van der Waals surface area contributed by atoms with Gasteiger partial charge in [0.1, 0.15) is 0 Å². The molecular weight excluding hydrogens is 308 g/mol. The van der Waals surface area contributed by atoms with Crippen LogP contribution in [0.4, 0.5) is 0 Å². The van der Waals surface area contributed by atoms with Crippen molar-refractivity contribution >= 4 is 16.9 Å². The molecule has 0 atom stereocenters. The van der Waals surface area contributed by atoms with E-state index in [0.29, 0.717) is 6.54 Å². The zero-order chi connectivity index (χ0) is 17.5. The van der Waals surface area contributed by atoms with Crippen molar-refractivity contribution in [1.82, 2.24) is 15.6 Å². The molecule has 3 rings (SSSR count). The molecule has 0 aliphatic rings. The predicted octanol–water partition coefficient (Wildman–Crippen LogP) is 3.66. The maximum Gasteiger partial charge on any atom is 0.191 e. The highest BCUT2D eigenvalue weighted by Crippen LogP contribution is 2.15. The monoisotopic (exact) mass is 332 g/mol. The van der Waals surface area contributed by atoms with Gasteiger partial charge in [0.25, 0.3) is 0 Å². The first kappa shape index (κ1) is 17.0. The van der Waals surface area contributed by atoms with Crippen molar-refractivity contribution in [2.45, 2.75) is 26.4 Å². The molecule has 0 bridgehead atoms. The van der Waals surface area contributed by atoms with Crippen LogP contribution in [-0.4, -0.2) is 18.0 Å². The lowest BCUT2D eigenvalue weighted by molar-refractivity contribution is 0.805. The standard InChI is InChI=1S/C21H24N4/c1-3-16-8-4-5-9-17(16)14-24-21(22-2)25-15-18-12-13-23-20-11-7-6-10-19(18)20/h4-13H,3,14-15H2,1-2H3,(H2,22,24,25). The number of aryl methyl sites for hydroxylation is 1. The van der Waals surface area contributed by atoms with Gasteiger partial charge >= 0.3 is 0 Å². The number of pyridine rings is 1. The van der Waals surface area contributed by atoms with Crippen LogP contribution in [0.2, 0.25) is 0 Å². The number of nitrogens with one attached hydrogen (secondary N) is 2. The zero-order valence-corrected chi connectivity index (χ0v) is 14.8. The van der Waals surface area contributed by atoms with E-state index >= 15 is 0 Å². The van der Waals surface area contributed by atoms with Crippen molar-refractivity contribution in [2.24, 2.45) is 4.99 Å². The van der Waals surface area contributed by atoms with Gasteiger partial charge in [-0.2, -0.15) is 0 Å². The Bertz CT molecular complexity index is 865. The summed E-state index contributed by atoms with van der Waals surface area (Å²) in [6.45, 7) is 3.65. The number of benzene rings is 2. The lowest BCUT2D eigenvalue weighted by Crippen LogP contribution is -2.36. The van der Waals surface area contributed by atoms with E-state index in [2.05, 4.69) is 63.9 Å². The van der Waals surface area contributed by atoms with Gasteiger partial charge in [0.05, 0.1) is 5.52 Å². The highest BCUT2D eigenvalue weighted by Gasteiger charge is 2.04. The number of nitrogens with zero attached hydrogens (tertiary/aromatic N) is 2. The van der Waals surface area contributed by atoms with Gasteiger partial charge in [0, 0.05) is 31.7 Å². The summed E-state index contributed by atoms with van der Waals surface area (Å²) in [7, 11) is 1.80. The Morgan fingerprint density at radius 1 is 0.880 bits per heavy atom. The molecule has 25 heavy (non-hydrogen) atoms. The van der Waals surface area contributed by atoms with Crippen LogP contribution in [0.5, 0.6) is 0 Å². The second kappa shape index (κ2) is 8.29. The van der Waals surface area contributed by atoms with Crippen LogP contribution < -0.4 is 10.6 Å². The molecule has 0 aliphatic carbocycles. The van der Waals surface area contributed by atoms with Gasteiger partial charge in [-0.25, -0.2) is 0 Å². The summed E-state index contributed by atoms with van der Waals surface area (Å²) in [5.74, 6) is 0.798. The summed E-state index contributed by atoms with van der Waals surface area (Å²) >= 11 is 0. The molecule has 0 aliphatic heterocycles. The molecule has 0 fully saturated rings. The van der Waals surface area contributed by atoms with E-state index in [9.17, 15) is 0 Å². The third-order valence-electron chi connectivity index (χ3n) is 4.35. The average molecular weight is 332 g/mol. The summed E-state index contributed by atoms with van der Waals surface area (Å²) in [4.78, 5) is 8.74. The Kier molecular flexibility index (Phi) is 5.62. The minimum absolute atomic E-state index is 0.706. The second-order valence-electron chi connectivity index (χ2n) is 5.89. The van der Waals surface area contributed by atoms with Crippen molar-refractivity contribution in [3.8, 4) is 0 Å². The Morgan fingerprint density at radius 3 is 2.32 bits per heavy atom. The summed E-state index contributed by atoms with van der Waals surface area (Å²) in [5.41, 5.74) is 4.90. The first-order valence-corrected chi connectivity index (χ1v) is 8.65. The van der Waals surface area contributed by atoms with Gasteiger partial charge in [0.15, 0.2) is 5.96 Å². The Labute approximate surface area is 149 Å². The van der Waals surface area contributed by atoms with E-state index < -0.39 is 0 Å². The summed E-state index contributed by atoms with van der Waals surface area (Å²) in [5, 5.41) is 7.97. The molecule has 0 spiro atoms. The van der Waals surface area contributed by atoms with Gasteiger partial charge in [-0.3, -0.25) is 9.98 Å². The molecule has 1 aromatic heterocycles. The Morgan fingerprint density at radius 2 is 1.56 bits per heavy atom. The molecule has 0 amide bonds. The fourth-order valence-corrected chi connectivity index (χ4v) is 2.96. The van der Waals surface area contributed by atoms with Crippen LogP contribution >= 0.6 is 0 Å². The second-order valence-corrected chi connectivity index (χ2v) is 5.89. The zero-order valence-electron chi connectivity index (χ0n) is 14.8. The van der Waals surface area contributed by atoms with Gasteiger partial charge in [-0.1, -0.05) is 49.4 Å². The van der Waals surface area contributed by atoms with Crippen LogP contribution in [0.15, 0.2) is 65.8 Å². The molecule has 3 aromatic rings. The smallest absolute Gasteiger partial charge is 0.191 e. The number of guanidine groups is 1. The van der Waals surface area contributed by atoms with E-state index in [1.54, 1.807) is 7.05 Å². The number of hydrogen-bond donors (Lipinski definition) is 2. The Balaban J connectivity index is 1.65. The molecule has 4 nitrogen and oxygen atoms in total. The van der Waals surface area contributed by atoms with Crippen molar-refractivity contribution in [1.29, 1.82) is 0 Å². The van der Waals surface area contributed by atoms with Crippen molar-refractivity contribution in [3.05, 3.63) is 77.5 Å². The maximum atomic E-state index is 4.41. The van der Waals surface area contributed by atoms with Gasteiger partial charge < -0.3 is 10.6 Å². The minimum Gasteiger partial charge on any atom is -0.352 e. The van der Waals surface area contributed by atoms with Crippen molar-refractivity contribution in [2.75, 3.05) is 7.05 Å². The fourth-order valence-electron chi connectivity index (χ4n) is 2.96. The number of hydrogen-bond acceptors (Lipinski definition) is 2. The molecule has 2 N–H and O–H groups in total. The van der Waals surface area contributed by atoms with Crippen molar-refractivity contribution in [3.63, 3.8) is 0 Å². The van der Waals surface area contributed by atoms with Crippen LogP contribution in [-0.2, 0) is 19.5 Å². The largest absolute Gasteiger partial charge is 0.352 e. The first-order valence-electron chi connectivity index (χ1n) is 8.65. The molecule has 2 aromatic carbocycles. The number of rotatable bonds is 5. The maximum absolute atomic E-state index is 4.41. The van der Waals surface area contributed by atoms with Gasteiger partial charge in [-0.15, -0.1) is 0 Å². The normalized spacial score (nSPS) is 11.5. The molecule has 0 unspecified atom stereocenters. The number of aliphatic imine (C=N–C) groups is 1. The Hall–Kier alpha value is -2.88. The van der Waals surface area contributed by atoms with Gasteiger partial charge in [-0.05, 0) is 35.2 Å². The highest BCUT2D eigenvalue weighted by atomic mass is 15.2. The summed E-state index contributed by atoms with van der Waals surface area (Å²) in [6.07, 6.45) is 2.89. The van der Waals surface area contributed by atoms with Crippen LogP contribution in [0.3, 0.4) is 0 Å². The first-order chi connectivity index (χ1) is 12.3. The number of fused-ring (bicyclic) bond motifs is 1. The molecule has 0 saturated carbocycles. The van der Waals surface area contributed by atoms with E-state index in [1.165, 1.54) is 22.1 Å². The molecule has 128 valence electrons. The average Bonchev–Trinajstić information content (AvgIpc) is 2.68. The molecule has 0 saturated heterocycles. The number of aromatic nitrogens is 1. The molecule has 1 heterocycles. The van der Waals surface area contributed by atoms with E-state index in [-0.39, 0.29) is 0 Å². The van der Waals surface area contributed by atoms with E-state index in [0.717, 1.165) is 24.4 Å². The predicted molar refractivity (Wildman–Crippen MR) is 105 cm³/mol. The lowest BCUT2D eigenvalue weighted by atomic mass is 10.1. The topological polar surface area (TPSA) is 49.3 Å². The van der Waals surface area contributed by atoms with Crippen LogP contribution in [0.1, 0.15) is 23.6 Å². The lowest BCUT2D eigenvalue weighted by Gasteiger charge is -2.14. The van der Waals surface area contributed by atoms with Crippen LogP contribution in [0, 0.1) is 0 Å². The minimum atomic E-state index is 0.706. The molecule has 4 heteroatoms. The number of para-hydroxylation sites is 1. The van der Waals surface area contributed by atoms with Crippen LogP contribution in [0.25, 0.3) is 10.9 Å². The molecule has 0 radical (unpaired) electrons. The van der Waals surface area contributed by atoms with Crippen molar-refractivity contribution < 1.29 is 0 Å². The van der Waals surface area contributed by atoms with E-state index in [1.807, 2.05) is 24.4 Å². The quantitative estimate of drug-likeness (QED) is 0.554. The summed E-state index contributed by atoms with van der Waals surface area (Å²) in [6, 6.07) is 18.8. The van der Waals surface area contributed by atoms with E-state index in [4.69, 9.17) is 0 Å². The fraction of sp³-hybridized carbons (Fsp3) is 0.238. The third-order valence-corrected chi connectivity index (χ3v) is 4.35. The summed E-state index contributed by atoms with van der Waals surface area (Å²) < 4.78 is 0. The third kappa shape index (κ3) is 4.15. The highest BCUT2D eigenvalue weighted by molar-refractivity contribution is 5.83.